The molecule has 0 bridgehead atoms. The van der Waals surface area contributed by atoms with E-state index >= 15 is 0 Å². The number of amides is 1. The van der Waals surface area contributed by atoms with E-state index in [2.05, 4.69) is 6.07 Å². The molecular formula is C24H26N4O3. The molecule has 3 aromatic rings. The van der Waals surface area contributed by atoms with E-state index in [0.717, 1.165) is 22.2 Å². The molecule has 7 heteroatoms. The maximum Gasteiger partial charge on any atom is 0.259 e. The SMILES string of the molecule is CC[C@@]1(O)C(=O)N(CCN(C)C)Cc2c1cc1n(c2=O)Cc2cc3ccccc3nc2-1. The van der Waals surface area contributed by atoms with Gasteiger partial charge in [-0.3, -0.25) is 9.59 Å². The van der Waals surface area contributed by atoms with Crippen LogP contribution in [-0.4, -0.2) is 57.5 Å². The first kappa shape index (κ1) is 19.9. The first-order valence-electron chi connectivity index (χ1n) is 10.7. The number of likely N-dealkylation sites (N-methyl/N-ethyl adjacent to an activating group) is 1. The van der Waals surface area contributed by atoms with Crippen LogP contribution in [-0.2, 0) is 23.5 Å². The molecule has 2 aliphatic rings. The summed E-state index contributed by atoms with van der Waals surface area (Å²) in [6.07, 6.45) is 0.207. The molecule has 1 N–H and O–H groups in total. The molecule has 160 valence electrons. The quantitative estimate of drug-likeness (QED) is 0.548. The summed E-state index contributed by atoms with van der Waals surface area (Å²) < 4.78 is 1.73. The number of nitrogens with zero attached hydrogens (tertiary/aromatic N) is 4. The van der Waals surface area contributed by atoms with Crippen LogP contribution in [0.3, 0.4) is 0 Å². The Morgan fingerprint density at radius 1 is 1.16 bits per heavy atom. The van der Waals surface area contributed by atoms with E-state index in [1.165, 1.54) is 0 Å². The van der Waals surface area contributed by atoms with E-state index in [0.29, 0.717) is 36.5 Å². The van der Waals surface area contributed by atoms with E-state index < -0.39 is 5.60 Å². The maximum absolute atomic E-state index is 13.5. The molecule has 0 aliphatic carbocycles. The van der Waals surface area contributed by atoms with Crippen molar-refractivity contribution in [1.82, 2.24) is 19.4 Å². The predicted octanol–water partition coefficient (Wildman–Crippen LogP) is 1.93. The summed E-state index contributed by atoms with van der Waals surface area (Å²) in [5.74, 6) is -0.335. The molecule has 4 heterocycles. The van der Waals surface area contributed by atoms with Crippen molar-refractivity contribution in [3.05, 3.63) is 63.4 Å². The van der Waals surface area contributed by atoms with Gasteiger partial charge in [0.2, 0.25) is 0 Å². The lowest BCUT2D eigenvalue weighted by Gasteiger charge is -2.39. The van der Waals surface area contributed by atoms with Gasteiger partial charge in [-0.2, -0.15) is 0 Å². The third-order valence-corrected chi connectivity index (χ3v) is 6.54. The standard InChI is InChI=1S/C24H26N4O3/c1-4-24(31)18-12-20-21-16(11-15-7-5-6-8-19(15)25-21)13-28(20)22(29)17(18)14-27(23(24)30)10-9-26(2)3/h5-8,11-12,31H,4,9-10,13-14H2,1-3H3/t24-/m0/s1. The van der Waals surface area contributed by atoms with Gasteiger partial charge < -0.3 is 19.5 Å². The van der Waals surface area contributed by atoms with Crippen molar-refractivity contribution >= 4 is 16.8 Å². The van der Waals surface area contributed by atoms with E-state index in [9.17, 15) is 14.7 Å². The number of rotatable bonds is 4. The van der Waals surface area contributed by atoms with Gasteiger partial charge in [0.05, 0.1) is 30.0 Å². The molecule has 0 saturated carbocycles. The lowest BCUT2D eigenvalue weighted by atomic mass is 9.83. The number of para-hydroxylation sites is 1. The predicted molar refractivity (Wildman–Crippen MR) is 119 cm³/mol. The molecule has 7 nitrogen and oxygen atoms in total. The zero-order chi connectivity index (χ0) is 21.9. The fourth-order valence-corrected chi connectivity index (χ4v) is 4.72. The number of aliphatic hydroxyl groups is 1. The molecule has 5 rings (SSSR count). The van der Waals surface area contributed by atoms with Gasteiger partial charge in [0.1, 0.15) is 0 Å². The molecule has 1 amide bonds. The monoisotopic (exact) mass is 418 g/mol. The van der Waals surface area contributed by atoms with Crippen LogP contribution >= 0.6 is 0 Å². The molecule has 0 fully saturated rings. The Morgan fingerprint density at radius 3 is 2.68 bits per heavy atom. The van der Waals surface area contributed by atoms with Crippen molar-refractivity contribution < 1.29 is 9.90 Å². The minimum Gasteiger partial charge on any atom is -0.375 e. The summed E-state index contributed by atoms with van der Waals surface area (Å²) in [5, 5.41) is 12.5. The topological polar surface area (TPSA) is 78.7 Å². The van der Waals surface area contributed by atoms with Crippen molar-refractivity contribution in [2.24, 2.45) is 0 Å². The van der Waals surface area contributed by atoms with Crippen LogP contribution in [0.4, 0.5) is 0 Å². The average molecular weight is 418 g/mol. The largest absolute Gasteiger partial charge is 0.375 e. The van der Waals surface area contributed by atoms with Gasteiger partial charge in [-0.05, 0) is 38.7 Å². The Kier molecular flexibility index (Phi) is 4.50. The lowest BCUT2D eigenvalue weighted by molar-refractivity contribution is -0.156. The third kappa shape index (κ3) is 2.91. The van der Waals surface area contributed by atoms with Gasteiger partial charge >= 0.3 is 0 Å². The fraction of sp³-hybridized carbons (Fsp3) is 0.375. The number of pyridine rings is 2. The van der Waals surface area contributed by atoms with Gasteiger partial charge in [0.25, 0.3) is 11.5 Å². The minimum absolute atomic E-state index is 0.149. The Bertz CT molecular complexity index is 1280. The Labute approximate surface area is 180 Å². The highest BCUT2D eigenvalue weighted by molar-refractivity contribution is 5.89. The van der Waals surface area contributed by atoms with Gasteiger partial charge in [-0.1, -0.05) is 25.1 Å². The van der Waals surface area contributed by atoms with Crippen LogP contribution < -0.4 is 5.56 Å². The van der Waals surface area contributed by atoms with Crippen LogP contribution in [0.2, 0.25) is 0 Å². The molecule has 2 aliphatic heterocycles. The van der Waals surface area contributed by atoms with Crippen molar-refractivity contribution in [3.63, 3.8) is 0 Å². The van der Waals surface area contributed by atoms with Crippen LogP contribution in [0.1, 0.15) is 30.0 Å². The number of aromatic nitrogens is 2. The number of carbonyl (C=O) groups is 1. The highest BCUT2D eigenvalue weighted by Gasteiger charge is 2.46. The molecule has 31 heavy (non-hydrogen) atoms. The van der Waals surface area contributed by atoms with Crippen molar-refractivity contribution in [1.29, 1.82) is 0 Å². The van der Waals surface area contributed by atoms with E-state index in [-0.39, 0.29) is 24.4 Å². The molecule has 0 saturated heterocycles. The molecule has 0 unspecified atom stereocenters. The van der Waals surface area contributed by atoms with Crippen molar-refractivity contribution in [2.45, 2.75) is 32.0 Å². The average Bonchev–Trinajstić information content (AvgIpc) is 3.12. The van der Waals surface area contributed by atoms with Gasteiger partial charge in [0, 0.05) is 35.2 Å². The number of carbonyl (C=O) groups excluding carboxylic acids is 1. The second-order valence-corrected chi connectivity index (χ2v) is 8.75. The molecule has 1 atom stereocenters. The zero-order valence-electron chi connectivity index (χ0n) is 18.1. The normalized spacial score (nSPS) is 19.6. The van der Waals surface area contributed by atoms with Crippen LogP contribution in [0, 0.1) is 0 Å². The molecule has 2 aromatic heterocycles. The summed E-state index contributed by atoms with van der Waals surface area (Å²) in [6.45, 7) is 3.57. The number of benzene rings is 1. The molecule has 0 radical (unpaired) electrons. The number of hydrogen-bond acceptors (Lipinski definition) is 5. The summed E-state index contributed by atoms with van der Waals surface area (Å²) >= 11 is 0. The maximum atomic E-state index is 13.5. The molecular weight excluding hydrogens is 392 g/mol. The van der Waals surface area contributed by atoms with E-state index in [1.54, 1.807) is 16.4 Å². The number of hydrogen-bond donors (Lipinski definition) is 1. The van der Waals surface area contributed by atoms with E-state index in [4.69, 9.17) is 4.98 Å². The summed E-state index contributed by atoms with van der Waals surface area (Å²) in [6, 6.07) is 11.8. The first-order valence-corrected chi connectivity index (χ1v) is 10.7. The fourth-order valence-electron chi connectivity index (χ4n) is 4.72. The summed E-state index contributed by atoms with van der Waals surface area (Å²) in [7, 11) is 3.87. The van der Waals surface area contributed by atoms with Gasteiger partial charge in [-0.25, -0.2) is 4.98 Å². The van der Waals surface area contributed by atoms with E-state index in [1.807, 2.05) is 49.3 Å². The van der Waals surface area contributed by atoms with Crippen LogP contribution in [0.15, 0.2) is 41.2 Å². The van der Waals surface area contributed by atoms with Gasteiger partial charge in [0.15, 0.2) is 5.60 Å². The highest BCUT2D eigenvalue weighted by Crippen LogP contribution is 2.39. The molecule has 0 spiro atoms. The van der Waals surface area contributed by atoms with Crippen LogP contribution in [0.5, 0.6) is 0 Å². The minimum atomic E-state index is -1.70. The third-order valence-electron chi connectivity index (χ3n) is 6.54. The summed E-state index contributed by atoms with van der Waals surface area (Å²) in [4.78, 5) is 35.1. The lowest BCUT2D eigenvalue weighted by Crippen LogP contribution is -2.54. The van der Waals surface area contributed by atoms with Crippen molar-refractivity contribution in [3.8, 4) is 11.4 Å². The molecule has 1 aromatic carbocycles. The summed E-state index contributed by atoms with van der Waals surface area (Å²) in [5.41, 5.74) is 2.34. The second kappa shape index (κ2) is 7.00. The Morgan fingerprint density at radius 2 is 1.94 bits per heavy atom. The zero-order valence-corrected chi connectivity index (χ0v) is 18.1. The second-order valence-electron chi connectivity index (χ2n) is 8.75. The van der Waals surface area contributed by atoms with Crippen molar-refractivity contribution in [2.75, 3.05) is 27.2 Å². The highest BCUT2D eigenvalue weighted by atomic mass is 16.3. The Balaban J connectivity index is 1.68. The smallest absolute Gasteiger partial charge is 0.259 e. The Hall–Kier alpha value is -3.03. The van der Waals surface area contributed by atoms with Gasteiger partial charge in [-0.15, -0.1) is 0 Å². The number of fused-ring (bicyclic) bond motifs is 5. The first-order chi connectivity index (χ1) is 14.8. The van der Waals surface area contributed by atoms with Crippen LogP contribution in [0.25, 0.3) is 22.3 Å².